The van der Waals surface area contributed by atoms with E-state index in [1.807, 2.05) is 30.3 Å². The first-order chi connectivity index (χ1) is 19.8. The van der Waals surface area contributed by atoms with Crippen LogP contribution in [0.5, 0.6) is 17.4 Å². The predicted octanol–water partition coefficient (Wildman–Crippen LogP) is 4.18. The molecule has 0 unspecified atom stereocenters. The van der Waals surface area contributed by atoms with E-state index in [1.165, 1.54) is 19.2 Å². The first-order valence-electron chi connectivity index (χ1n) is 12.6. The molecule has 210 valence electrons. The molecule has 1 aromatic heterocycles. The van der Waals surface area contributed by atoms with Crippen LogP contribution in [-0.4, -0.2) is 76.6 Å². The Morgan fingerprint density at radius 3 is 2.46 bits per heavy atom. The third-order valence-corrected chi connectivity index (χ3v) is 7.46. The number of benzene rings is 2. The number of anilines is 1. The summed E-state index contributed by atoms with van der Waals surface area (Å²) in [7, 11) is 1.44. The summed E-state index contributed by atoms with van der Waals surface area (Å²) in [4.78, 5) is 57.8. The summed E-state index contributed by atoms with van der Waals surface area (Å²) in [5.74, 6) is -0.0520. The molecule has 3 amide bonds. The van der Waals surface area contributed by atoms with Crippen LogP contribution < -0.4 is 14.4 Å². The van der Waals surface area contributed by atoms with E-state index in [-0.39, 0.29) is 28.9 Å². The molecule has 0 N–H and O–H groups in total. The Balaban J connectivity index is 1.21. The van der Waals surface area contributed by atoms with Crippen molar-refractivity contribution in [1.82, 2.24) is 14.8 Å². The number of thioether (sulfide) groups is 1. The number of nitrogens with zero attached hydrogens (tertiary/aromatic N) is 5. The number of carbonyl (C=O) groups excluding carboxylic acids is 3. The van der Waals surface area contributed by atoms with E-state index >= 15 is 0 Å². The van der Waals surface area contributed by atoms with Crippen LogP contribution in [0.1, 0.15) is 5.56 Å². The number of carbonyl (C=O) groups is 3. The number of pyridine rings is 1. The number of piperazine rings is 1. The number of aromatic nitrogens is 1. The fraction of sp³-hybridized carbons (Fsp3) is 0.214. The molecule has 2 aliphatic heterocycles. The van der Waals surface area contributed by atoms with Gasteiger partial charge >= 0.3 is 0 Å². The van der Waals surface area contributed by atoms with Crippen molar-refractivity contribution < 1.29 is 28.8 Å². The van der Waals surface area contributed by atoms with Crippen LogP contribution in [0.25, 0.3) is 6.08 Å². The van der Waals surface area contributed by atoms with Crippen molar-refractivity contribution in [3.8, 4) is 17.4 Å². The lowest BCUT2D eigenvalue weighted by Gasteiger charge is -2.36. The zero-order chi connectivity index (χ0) is 28.9. The SMILES string of the molecule is COc1cc(/C=C2\SC(=O)N(CC(=O)N3CCN(c4ccccc4)CC3)C2=O)ccc1Oc1ccc([N+](=O)[O-])cn1. The summed E-state index contributed by atoms with van der Waals surface area (Å²) in [5.41, 5.74) is 1.50. The van der Waals surface area contributed by atoms with Crippen molar-refractivity contribution in [3.63, 3.8) is 0 Å². The molecule has 41 heavy (non-hydrogen) atoms. The minimum atomic E-state index is -0.559. The maximum Gasteiger partial charge on any atom is 0.294 e. The number of rotatable bonds is 8. The molecule has 12 nitrogen and oxygen atoms in total. The van der Waals surface area contributed by atoms with Crippen molar-refractivity contribution in [2.24, 2.45) is 0 Å². The number of amides is 3. The van der Waals surface area contributed by atoms with E-state index < -0.39 is 16.1 Å². The average Bonchev–Trinajstić information content (AvgIpc) is 3.25. The van der Waals surface area contributed by atoms with Gasteiger partial charge in [0.1, 0.15) is 12.7 Å². The molecule has 3 heterocycles. The molecule has 0 aliphatic carbocycles. The summed E-state index contributed by atoms with van der Waals surface area (Å²) in [6, 6.07) is 17.5. The zero-order valence-corrected chi connectivity index (χ0v) is 22.8. The zero-order valence-electron chi connectivity index (χ0n) is 22.0. The molecule has 2 saturated heterocycles. The monoisotopic (exact) mass is 575 g/mol. The van der Waals surface area contributed by atoms with Crippen molar-refractivity contribution in [1.29, 1.82) is 0 Å². The van der Waals surface area contributed by atoms with Gasteiger partial charge in [-0.05, 0) is 47.7 Å². The highest BCUT2D eigenvalue weighted by molar-refractivity contribution is 8.18. The Hall–Kier alpha value is -4.91. The van der Waals surface area contributed by atoms with Crippen LogP contribution in [-0.2, 0) is 9.59 Å². The Labute approximate surface area is 239 Å². The van der Waals surface area contributed by atoms with Crippen molar-refractivity contribution >= 4 is 46.3 Å². The quantitative estimate of drug-likeness (QED) is 0.219. The first kappa shape index (κ1) is 27.6. The third-order valence-electron chi connectivity index (χ3n) is 6.55. The number of para-hydroxylation sites is 1. The van der Waals surface area contributed by atoms with Crippen LogP contribution >= 0.6 is 11.8 Å². The summed E-state index contributed by atoms with van der Waals surface area (Å²) < 4.78 is 11.1. The molecule has 0 saturated carbocycles. The molecule has 0 atom stereocenters. The molecular formula is C28H25N5O7S. The summed E-state index contributed by atoms with van der Waals surface area (Å²) >= 11 is 0.769. The fourth-order valence-corrected chi connectivity index (χ4v) is 5.23. The largest absolute Gasteiger partial charge is 0.493 e. The van der Waals surface area contributed by atoms with E-state index in [1.54, 1.807) is 29.2 Å². The molecule has 2 fully saturated rings. The molecule has 5 rings (SSSR count). The van der Waals surface area contributed by atoms with Gasteiger partial charge < -0.3 is 19.3 Å². The van der Waals surface area contributed by atoms with E-state index in [9.17, 15) is 24.5 Å². The van der Waals surface area contributed by atoms with Gasteiger partial charge in [-0.2, -0.15) is 0 Å². The molecule has 13 heteroatoms. The minimum Gasteiger partial charge on any atom is -0.493 e. The van der Waals surface area contributed by atoms with E-state index in [2.05, 4.69) is 9.88 Å². The maximum absolute atomic E-state index is 13.0. The molecule has 2 aromatic carbocycles. The standard InChI is InChI=1S/C28H25N5O7S/c1-39-23-15-19(7-9-22(23)40-25-10-8-21(17-29-25)33(37)38)16-24-27(35)32(28(36)41-24)18-26(34)31-13-11-30(12-14-31)20-5-3-2-4-6-20/h2-10,15-17H,11-14,18H2,1H3/b24-16-. The van der Waals surface area contributed by atoms with Crippen molar-refractivity contribution in [2.75, 3.05) is 44.7 Å². The molecule has 0 spiro atoms. The van der Waals surface area contributed by atoms with Crippen LogP contribution in [0.2, 0.25) is 0 Å². The second kappa shape index (κ2) is 12.1. The number of ether oxygens (including phenoxy) is 2. The van der Waals surface area contributed by atoms with Gasteiger partial charge in [0.25, 0.3) is 16.8 Å². The minimum absolute atomic E-state index is 0.133. The van der Waals surface area contributed by atoms with Gasteiger partial charge in [-0.25, -0.2) is 4.98 Å². The van der Waals surface area contributed by atoms with Crippen LogP contribution in [0.3, 0.4) is 0 Å². The lowest BCUT2D eigenvalue weighted by atomic mass is 10.2. The number of nitro groups is 1. The lowest BCUT2D eigenvalue weighted by Crippen LogP contribution is -2.51. The Morgan fingerprint density at radius 2 is 1.80 bits per heavy atom. The van der Waals surface area contributed by atoms with Gasteiger partial charge in [0.2, 0.25) is 11.8 Å². The topological polar surface area (TPSA) is 135 Å². The lowest BCUT2D eigenvalue weighted by molar-refractivity contribution is -0.385. The summed E-state index contributed by atoms with van der Waals surface area (Å²) in [6.07, 6.45) is 2.63. The second-order valence-corrected chi connectivity index (χ2v) is 10.1. The Kier molecular flexibility index (Phi) is 8.15. The van der Waals surface area contributed by atoms with Gasteiger partial charge in [0.15, 0.2) is 11.5 Å². The second-order valence-electron chi connectivity index (χ2n) is 9.10. The van der Waals surface area contributed by atoms with E-state index in [0.29, 0.717) is 43.2 Å². The van der Waals surface area contributed by atoms with Crippen LogP contribution in [0.4, 0.5) is 16.2 Å². The Bertz CT molecular complexity index is 1510. The van der Waals surface area contributed by atoms with Gasteiger partial charge in [-0.3, -0.25) is 29.4 Å². The Morgan fingerprint density at radius 1 is 1.05 bits per heavy atom. The predicted molar refractivity (Wildman–Crippen MR) is 152 cm³/mol. The van der Waals surface area contributed by atoms with Gasteiger partial charge in [0, 0.05) is 44.0 Å². The fourth-order valence-electron chi connectivity index (χ4n) is 4.39. The highest BCUT2D eigenvalue weighted by Gasteiger charge is 2.37. The van der Waals surface area contributed by atoms with E-state index in [0.717, 1.165) is 28.5 Å². The highest BCUT2D eigenvalue weighted by Crippen LogP contribution is 2.36. The number of methoxy groups -OCH3 is 1. The van der Waals surface area contributed by atoms with Crippen molar-refractivity contribution in [3.05, 3.63) is 87.4 Å². The molecule has 0 bridgehead atoms. The first-order valence-corrected chi connectivity index (χ1v) is 13.4. The normalized spacial score (nSPS) is 16.3. The summed E-state index contributed by atoms with van der Waals surface area (Å²) in [6.45, 7) is 2.02. The molecule has 3 aromatic rings. The van der Waals surface area contributed by atoms with Gasteiger partial charge in [0.05, 0.1) is 16.9 Å². The van der Waals surface area contributed by atoms with Crippen LogP contribution in [0.15, 0.2) is 71.8 Å². The molecule has 2 aliphatic rings. The van der Waals surface area contributed by atoms with Gasteiger partial charge in [-0.15, -0.1) is 0 Å². The average molecular weight is 576 g/mol. The summed E-state index contributed by atoms with van der Waals surface area (Å²) in [5, 5.41) is 10.3. The number of imide groups is 1. The molecule has 0 radical (unpaired) electrons. The van der Waals surface area contributed by atoms with Gasteiger partial charge in [-0.1, -0.05) is 24.3 Å². The van der Waals surface area contributed by atoms with Crippen LogP contribution in [0, 0.1) is 10.1 Å². The third kappa shape index (κ3) is 6.30. The number of hydrogen-bond donors (Lipinski definition) is 0. The van der Waals surface area contributed by atoms with E-state index in [4.69, 9.17) is 9.47 Å². The smallest absolute Gasteiger partial charge is 0.294 e. The number of hydrogen-bond acceptors (Lipinski definition) is 10. The highest BCUT2D eigenvalue weighted by atomic mass is 32.2. The van der Waals surface area contributed by atoms with Crippen molar-refractivity contribution in [2.45, 2.75) is 0 Å². The molecular weight excluding hydrogens is 550 g/mol. The maximum atomic E-state index is 13.0.